The van der Waals surface area contributed by atoms with Gasteiger partial charge in [0.1, 0.15) is 11.4 Å². The number of fused-ring (bicyclic) bond motifs is 3. The van der Waals surface area contributed by atoms with E-state index in [1.165, 1.54) is 6.07 Å². The molecule has 2 nitrogen and oxygen atoms in total. The fraction of sp³-hybridized carbons (Fsp3) is 0.0526. The van der Waals surface area contributed by atoms with Gasteiger partial charge in [0.05, 0.1) is 34.2 Å². The van der Waals surface area contributed by atoms with E-state index < -0.39 is 0 Å². The lowest BCUT2D eigenvalue weighted by atomic mass is 10.1. The van der Waals surface area contributed by atoms with Crippen LogP contribution in [0.25, 0.3) is 21.9 Å². The van der Waals surface area contributed by atoms with Gasteiger partial charge < -0.3 is 4.42 Å². The quantitative estimate of drug-likeness (QED) is 0.273. The highest BCUT2D eigenvalue weighted by Crippen LogP contribution is 2.40. The van der Waals surface area contributed by atoms with E-state index in [0.29, 0.717) is 5.69 Å². The molecule has 0 aliphatic rings. The second-order valence-corrected chi connectivity index (χ2v) is 6.40. The molecule has 4 heteroatoms. The molecule has 0 radical (unpaired) electrons. The van der Waals surface area contributed by atoms with Crippen LogP contribution in [0, 0.1) is 12.7 Å². The summed E-state index contributed by atoms with van der Waals surface area (Å²) in [7, 11) is 0. The van der Waals surface area contributed by atoms with Gasteiger partial charge in [0, 0.05) is 10.8 Å². The lowest BCUT2D eigenvalue weighted by molar-refractivity contribution is 0.630. The molecule has 3 aromatic carbocycles. The lowest BCUT2D eigenvalue weighted by Crippen LogP contribution is -2.03. The van der Waals surface area contributed by atoms with Crippen LogP contribution < -0.4 is 3.11 Å². The molecule has 1 aromatic heterocycles. The van der Waals surface area contributed by atoms with Crippen LogP contribution in [0.3, 0.4) is 0 Å². The molecule has 0 fully saturated rings. The minimum absolute atomic E-state index is 0.258. The molecular weight excluding hydrogens is 404 g/mol. The first kappa shape index (κ1) is 14.5. The van der Waals surface area contributed by atoms with Crippen molar-refractivity contribution in [3.05, 3.63) is 72.0 Å². The molecule has 114 valence electrons. The molecule has 0 saturated carbocycles. The van der Waals surface area contributed by atoms with E-state index in [9.17, 15) is 4.39 Å². The average Bonchev–Trinajstić information content (AvgIpc) is 2.95. The largest absolute Gasteiger partial charge is 0.454 e. The van der Waals surface area contributed by atoms with Crippen molar-refractivity contribution in [2.75, 3.05) is 3.11 Å². The van der Waals surface area contributed by atoms with E-state index in [2.05, 4.69) is 28.9 Å². The summed E-state index contributed by atoms with van der Waals surface area (Å²) in [4.78, 5) is 0. The first-order valence-electron chi connectivity index (χ1n) is 7.28. The zero-order valence-electron chi connectivity index (χ0n) is 12.4. The Morgan fingerprint density at radius 1 is 0.826 bits per heavy atom. The molecule has 0 N–H and O–H groups in total. The number of rotatable bonds is 2. The van der Waals surface area contributed by atoms with Crippen molar-refractivity contribution in [1.29, 1.82) is 0 Å². The molecule has 0 spiro atoms. The highest BCUT2D eigenvalue weighted by atomic mass is 127. The summed E-state index contributed by atoms with van der Waals surface area (Å²) in [5.41, 5.74) is 4.10. The number of hydrogen-bond acceptors (Lipinski definition) is 2. The number of nitrogens with zero attached hydrogens (tertiary/aromatic N) is 1. The van der Waals surface area contributed by atoms with E-state index in [1.807, 2.05) is 43.3 Å². The van der Waals surface area contributed by atoms with Crippen molar-refractivity contribution < 1.29 is 8.81 Å². The first-order valence-corrected chi connectivity index (χ1v) is 8.24. The third-order valence-corrected chi connectivity index (χ3v) is 5.02. The molecule has 0 aliphatic heterocycles. The van der Waals surface area contributed by atoms with Crippen LogP contribution >= 0.6 is 22.9 Å². The lowest BCUT2D eigenvalue weighted by Gasteiger charge is -2.17. The Kier molecular flexibility index (Phi) is 3.49. The van der Waals surface area contributed by atoms with Gasteiger partial charge in [-0.05, 0) is 30.7 Å². The van der Waals surface area contributed by atoms with Crippen molar-refractivity contribution in [2.24, 2.45) is 0 Å². The standard InChI is InChI=1S/C19H13FINO/c1-12-6-4-7-13-14-8-5-11-17(19(14)23-18(12)13)22(21)16-10-3-2-9-15(16)20/h2-11H,1H3. The zero-order chi connectivity index (χ0) is 16.0. The van der Waals surface area contributed by atoms with Gasteiger partial charge in [-0.2, -0.15) is 0 Å². The second-order valence-electron chi connectivity index (χ2n) is 5.44. The van der Waals surface area contributed by atoms with Gasteiger partial charge in [-0.25, -0.2) is 4.39 Å². The van der Waals surface area contributed by atoms with Gasteiger partial charge in [0.25, 0.3) is 0 Å². The summed E-state index contributed by atoms with van der Waals surface area (Å²) in [6.45, 7) is 2.03. The van der Waals surface area contributed by atoms with Crippen molar-refractivity contribution >= 4 is 56.2 Å². The molecular formula is C19H13FINO. The van der Waals surface area contributed by atoms with E-state index in [-0.39, 0.29) is 5.82 Å². The number of hydrogen-bond donors (Lipinski definition) is 0. The van der Waals surface area contributed by atoms with Crippen LogP contribution in [0.1, 0.15) is 5.56 Å². The smallest absolute Gasteiger partial charge is 0.159 e. The number of benzene rings is 3. The Morgan fingerprint density at radius 3 is 2.26 bits per heavy atom. The van der Waals surface area contributed by atoms with E-state index >= 15 is 0 Å². The fourth-order valence-corrected chi connectivity index (χ4v) is 3.61. The van der Waals surface area contributed by atoms with E-state index in [4.69, 9.17) is 4.42 Å². The van der Waals surface area contributed by atoms with Crippen molar-refractivity contribution in [2.45, 2.75) is 6.92 Å². The molecule has 0 unspecified atom stereocenters. The van der Waals surface area contributed by atoms with Crippen LogP contribution in [0.2, 0.25) is 0 Å². The molecule has 0 bridgehead atoms. The summed E-state index contributed by atoms with van der Waals surface area (Å²) in [5.74, 6) is -0.258. The van der Waals surface area contributed by atoms with Crippen LogP contribution in [0.4, 0.5) is 15.8 Å². The molecule has 0 atom stereocenters. The highest BCUT2D eigenvalue weighted by Gasteiger charge is 2.17. The average molecular weight is 417 g/mol. The Hall–Kier alpha value is -2.08. The predicted octanol–water partition coefficient (Wildman–Crippen LogP) is 6.52. The molecule has 1 heterocycles. The minimum atomic E-state index is -0.258. The molecule has 0 amide bonds. The minimum Gasteiger partial charge on any atom is -0.454 e. The second kappa shape index (κ2) is 5.53. The van der Waals surface area contributed by atoms with Crippen molar-refractivity contribution in [3.63, 3.8) is 0 Å². The van der Waals surface area contributed by atoms with Crippen LogP contribution in [0.15, 0.2) is 65.1 Å². The molecule has 0 saturated heterocycles. The van der Waals surface area contributed by atoms with Gasteiger partial charge in [-0.3, -0.25) is 3.11 Å². The monoisotopic (exact) mass is 417 g/mol. The van der Waals surface area contributed by atoms with Crippen LogP contribution in [0.5, 0.6) is 0 Å². The Balaban J connectivity index is 1.99. The Labute approximate surface area is 147 Å². The zero-order valence-corrected chi connectivity index (χ0v) is 14.5. The van der Waals surface area contributed by atoms with E-state index in [1.54, 1.807) is 15.2 Å². The summed E-state index contributed by atoms with van der Waals surface area (Å²) >= 11 is 2.11. The number of para-hydroxylation sites is 3. The maximum absolute atomic E-state index is 14.1. The Morgan fingerprint density at radius 2 is 1.48 bits per heavy atom. The fourth-order valence-electron chi connectivity index (χ4n) is 2.84. The Bertz CT molecular complexity index is 1020. The first-order chi connectivity index (χ1) is 11.2. The molecule has 4 rings (SSSR count). The maximum Gasteiger partial charge on any atom is 0.159 e. The van der Waals surface area contributed by atoms with Gasteiger partial charge in [0.15, 0.2) is 5.58 Å². The van der Waals surface area contributed by atoms with Gasteiger partial charge >= 0.3 is 0 Å². The topological polar surface area (TPSA) is 16.4 Å². The molecule has 23 heavy (non-hydrogen) atoms. The maximum atomic E-state index is 14.1. The van der Waals surface area contributed by atoms with Gasteiger partial charge in [-0.15, -0.1) is 0 Å². The normalized spacial score (nSPS) is 11.3. The summed E-state index contributed by atoms with van der Waals surface area (Å²) in [6.07, 6.45) is 0. The molecule has 4 aromatic rings. The van der Waals surface area contributed by atoms with Gasteiger partial charge in [0.2, 0.25) is 0 Å². The van der Waals surface area contributed by atoms with Crippen LogP contribution in [-0.2, 0) is 0 Å². The summed E-state index contributed by atoms with van der Waals surface area (Å²) in [6, 6.07) is 18.8. The predicted molar refractivity (Wildman–Crippen MR) is 101 cm³/mol. The third-order valence-electron chi connectivity index (χ3n) is 3.98. The van der Waals surface area contributed by atoms with Crippen molar-refractivity contribution in [3.8, 4) is 0 Å². The third kappa shape index (κ3) is 2.28. The SMILES string of the molecule is Cc1cccc2c1oc1c(N(I)c3ccccc3F)cccc12. The number of halogens is 2. The van der Waals surface area contributed by atoms with Gasteiger partial charge in [-0.1, -0.05) is 42.5 Å². The molecule has 0 aliphatic carbocycles. The number of furan rings is 1. The van der Waals surface area contributed by atoms with E-state index in [0.717, 1.165) is 33.2 Å². The van der Waals surface area contributed by atoms with Crippen LogP contribution in [-0.4, -0.2) is 0 Å². The van der Waals surface area contributed by atoms with Crippen molar-refractivity contribution in [1.82, 2.24) is 0 Å². The summed E-state index contributed by atoms with van der Waals surface area (Å²) in [5, 5.41) is 2.12. The summed E-state index contributed by atoms with van der Waals surface area (Å²) < 4.78 is 22.0. The number of anilines is 2. The number of aryl methyl sites for hydroxylation is 1. The highest BCUT2D eigenvalue weighted by molar-refractivity contribution is 14.1.